The van der Waals surface area contributed by atoms with Crippen molar-refractivity contribution >= 4 is 24.6 Å². The van der Waals surface area contributed by atoms with Gasteiger partial charge in [-0.05, 0) is 41.2 Å². The van der Waals surface area contributed by atoms with Gasteiger partial charge in [0.25, 0.3) is 0 Å². The van der Waals surface area contributed by atoms with E-state index in [9.17, 15) is 19.2 Å². The standard InChI is InChI=1S/C30H34O14/c1-6-17-7-9-18(10-8-17)13-19-11-12-20-15-40-30(21(20)14-19)25(43-29(34)38-5)24(42-28(33)37-4)23(41-27(32)36-3)22(44-30)16-39-26(31)35-2/h7-12,14,22-25H,6,13,15-16H2,1-5H3/t22-,23-,24+,25-,30+/m1/s1. The first-order valence-corrected chi connectivity index (χ1v) is 13.6. The van der Waals surface area contributed by atoms with E-state index in [0.717, 1.165) is 46.0 Å². The van der Waals surface area contributed by atoms with Crippen molar-refractivity contribution in [2.24, 2.45) is 0 Å². The predicted octanol–water partition coefficient (Wildman–Crippen LogP) is 4.16. The molecule has 1 saturated heterocycles. The molecular weight excluding hydrogens is 584 g/mol. The molecule has 14 heteroatoms. The molecule has 2 aromatic rings. The van der Waals surface area contributed by atoms with Crippen molar-refractivity contribution in [1.82, 2.24) is 0 Å². The molecule has 0 amide bonds. The number of carbonyl (C=O) groups excluding carboxylic acids is 4. The van der Waals surface area contributed by atoms with Gasteiger partial charge in [-0.1, -0.05) is 43.3 Å². The molecule has 1 fully saturated rings. The Morgan fingerprint density at radius 2 is 1.32 bits per heavy atom. The van der Waals surface area contributed by atoms with Gasteiger partial charge in [0, 0.05) is 5.56 Å². The third-order valence-electron chi connectivity index (χ3n) is 7.24. The van der Waals surface area contributed by atoms with Gasteiger partial charge in [0.05, 0.1) is 35.0 Å². The Morgan fingerprint density at radius 3 is 1.93 bits per heavy atom. The van der Waals surface area contributed by atoms with Gasteiger partial charge < -0.3 is 47.4 Å². The van der Waals surface area contributed by atoms with Crippen molar-refractivity contribution in [1.29, 1.82) is 0 Å². The number of benzene rings is 2. The number of fused-ring (bicyclic) bond motifs is 2. The number of rotatable bonds is 8. The summed E-state index contributed by atoms with van der Waals surface area (Å²) >= 11 is 0. The second kappa shape index (κ2) is 14.3. The van der Waals surface area contributed by atoms with Crippen LogP contribution in [0.1, 0.15) is 34.7 Å². The van der Waals surface area contributed by atoms with Crippen LogP contribution in [-0.4, -0.2) is 84.1 Å². The highest BCUT2D eigenvalue weighted by atomic mass is 16.8. The second-order valence-electron chi connectivity index (χ2n) is 9.78. The molecular formula is C30H34O14. The van der Waals surface area contributed by atoms with Crippen LogP contribution < -0.4 is 0 Å². The Bertz CT molecular complexity index is 1340. The lowest BCUT2D eigenvalue weighted by molar-refractivity contribution is -0.368. The maximum atomic E-state index is 12.6. The summed E-state index contributed by atoms with van der Waals surface area (Å²) < 4.78 is 52.9. The number of carbonyl (C=O) groups is 4. The minimum absolute atomic E-state index is 0.000108. The molecule has 44 heavy (non-hydrogen) atoms. The number of aryl methyl sites for hydroxylation is 1. The maximum Gasteiger partial charge on any atom is 0.508 e. The predicted molar refractivity (Wildman–Crippen MR) is 147 cm³/mol. The Hall–Kier alpha value is -4.56. The van der Waals surface area contributed by atoms with Crippen LogP contribution in [0.4, 0.5) is 19.2 Å². The van der Waals surface area contributed by atoms with Gasteiger partial charge in [-0.3, -0.25) is 0 Å². The summed E-state index contributed by atoms with van der Waals surface area (Å²) in [5.74, 6) is -1.95. The maximum absolute atomic E-state index is 12.6. The van der Waals surface area contributed by atoms with Crippen molar-refractivity contribution < 1.29 is 66.5 Å². The fourth-order valence-electron chi connectivity index (χ4n) is 5.09. The van der Waals surface area contributed by atoms with Crippen LogP contribution in [0.2, 0.25) is 0 Å². The SMILES string of the molecule is CCc1ccc(Cc2ccc3c(c2)[C@]2(OC3)O[C@H](COC(=O)OC)[C@@H](OC(=O)OC)[C@H](OC(=O)OC)[C@H]2OC(=O)OC)cc1. The van der Waals surface area contributed by atoms with Crippen LogP contribution in [0.5, 0.6) is 0 Å². The molecule has 0 bridgehead atoms. The molecule has 2 aromatic carbocycles. The number of methoxy groups -OCH3 is 4. The van der Waals surface area contributed by atoms with Crippen LogP contribution >= 0.6 is 0 Å². The van der Waals surface area contributed by atoms with Crippen LogP contribution in [0.15, 0.2) is 42.5 Å². The van der Waals surface area contributed by atoms with Crippen molar-refractivity contribution in [3.8, 4) is 0 Å². The molecule has 1 spiro atoms. The smallest absolute Gasteiger partial charge is 0.438 e. The Kier molecular flexibility index (Phi) is 10.5. The van der Waals surface area contributed by atoms with Crippen LogP contribution in [-0.2, 0) is 72.6 Å². The molecule has 0 aromatic heterocycles. The lowest BCUT2D eigenvalue weighted by Gasteiger charge is -2.48. The van der Waals surface area contributed by atoms with Gasteiger partial charge in [0.2, 0.25) is 11.9 Å². The van der Waals surface area contributed by atoms with Gasteiger partial charge in [-0.2, -0.15) is 0 Å². The zero-order valence-electron chi connectivity index (χ0n) is 24.9. The zero-order valence-corrected chi connectivity index (χ0v) is 24.9. The lowest BCUT2D eigenvalue weighted by Crippen LogP contribution is -2.66. The minimum atomic E-state index is -1.95. The van der Waals surface area contributed by atoms with Gasteiger partial charge in [0.1, 0.15) is 12.7 Å². The van der Waals surface area contributed by atoms with E-state index in [2.05, 4.69) is 28.5 Å². The highest BCUT2D eigenvalue weighted by Gasteiger charge is 2.64. The number of ether oxygens (including phenoxy) is 10. The molecule has 238 valence electrons. The van der Waals surface area contributed by atoms with E-state index >= 15 is 0 Å². The molecule has 0 N–H and O–H groups in total. The molecule has 0 aliphatic carbocycles. The highest BCUT2D eigenvalue weighted by molar-refractivity contribution is 5.63. The van der Waals surface area contributed by atoms with E-state index in [1.54, 1.807) is 0 Å². The number of hydrogen-bond donors (Lipinski definition) is 0. The minimum Gasteiger partial charge on any atom is -0.438 e. The summed E-state index contributed by atoms with van der Waals surface area (Å²) in [5.41, 5.74) is 4.22. The normalized spacial score (nSPS) is 23.6. The van der Waals surface area contributed by atoms with E-state index in [4.69, 9.17) is 37.9 Å². The Labute approximate surface area is 253 Å². The van der Waals surface area contributed by atoms with Crippen molar-refractivity contribution in [2.45, 2.75) is 56.6 Å². The average Bonchev–Trinajstić information content (AvgIpc) is 3.40. The van der Waals surface area contributed by atoms with Crippen LogP contribution in [0, 0.1) is 0 Å². The molecule has 2 aliphatic rings. The molecule has 0 radical (unpaired) electrons. The quantitative estimate of drug-likeness (QED) is 0.306. The third kappa shape index (κ3) is 6.97. The first-order chi connectivity index (χ1) is 21.2. The highest BCUT2D eigenvalue weighted by Crippen LogP contribution is 2.49. The first kappa shape index (κ1) is 32.4. The second-order valence-corrected chi connectivity index (χ2v) is 9.78. The third-order valence-corrected chi connectivity index (χ3v) is 7.24. The van der Waals surface area contributed by atoms with E-state index in [-0.39, 0.29) is 6.61 Å². The lowest BCUT2D eigenvalue weighted by atomic mass is 9.86. The summed E-state index contributed by atoms with van der Waals surface area (Å²) in [6, 6.07) is 13.8. The molecule has 2 aliphatic heterocycles. The zero-order chi connectivity index (χ0) is 31.9. The molecule has 0 unspecified atom stereocenters. The van der Waals surface area contributed by atoms with Crippen molar-refractivity contribution in [3.05, 3.63) is 70.3 Å². The summed E-state index contributed by atoms with van der Waals surface area (Å²) in [4.78, 5) is 49.3. The van der Waals surface area contributed by atoms with Crippen LogP contribution in [0.3, 0.4) is 0 Å². The molecule has 5 atom stereocenters. The van der Waals surface area contributed by atoms with E-state index in [1.807, 2.05) is 30.3 Å². The average molecular weight is 619 g/mol. The fraction of sp³-hybridized carbons (Fsp3) is 0.467. The summed E-state index contributed by atoms with van der Waals surface area (Å²) in [7, 11) is 4.29. The molecule has 4 rings (SSSR count). The number of hydrogen-bond acceptors (Lipinski definition) is 14. The monoisotopic (exact) mass is 618 g/mol. The van der Waals surface area contributed by atoms with Crippen LogP contribution in [0.25, 0.3) is 0 Å². The summed E-state index contributed by atoms with van der Waals surface area (Å²) in [5, 5.41) is 0. The first-order valence-electron chi connectivity index (χ1n) is 13.6. The van der Waals surface area contributed by atoms with Gasteiger partial charge in [-0.25, -0.2) is 19.2 Å². The summed E-state index contributed by atoms with van der Waals surface area (Å²) in [6.45, 7) is 1.51. The van der Waals surface area contributed by atoms with Gasteiger partial charge >= 0.3 is 24.6 Å². The topological polar surface area (TPSA) is 161 Å². The van der Waals surface area contributed by atoms with Gasteiger partial charge in [0.15, 0.2) is 12.2 Å². The largest absolute Gasteiger partial charge is 0.508 e. The van der Waals surface area contributed by atoms with Gasteiger partial charge in [-0.15, -0.1) is 0 Å². The molecule has 0 saturated carbocycles. The molecule has 2 heterocycles. The summed E-state index contributed by atoms with van der Waals surface area (Å²) in [6.07, 6.45) is -9.40. The van der Waals surface area contributed by atoms with Crippen molar-refractivity contribution in [2.75, 3.05) is 35.0 Å². The van der Waals surface area contributed by atoms with Crippen molar-refractivity contribution in [3.63, 3.8) is 0 Å². The van der Waals surface area contributed by atoms with E-state index in [0.29, 0.717) is 17.5 Å². The van der Waals surface area contributed by atoms with E-state index < -0.39 is 61.4 Å². The Morgan fingerprint density at radius 1 is 0.750 bits per heavy atom. The molecule has 14 nitrogen and oxygen atoms in total. The Balaban J connectivity index is 1.83. The fourth-order valence-corrected chi connectivity index (χ4v) is 5.09. The van der Waals surface area contributed by atoms with E-state index in [1.165, 1.54) is 5.56 Å².